The maximum absolute atomic E-state index is 11.7. The lowest BCUT2D eigenvalue weighted by Gasteiger charge is -2.32. The Balaban J connectivity index is 2.04. The number of fused-ring (bicyclic) bond motifs is 4. The van der Waals surface area contributed by atoms with E-state index in [1.54, 1.807) is 13.8 Å². The molecule has 3 aliphatic rings. The number of hydrogen-bond donors (Lipinski definition) is 0. The molecule has 2 nitrogen and oxygen atoms in total. The average molecular weight is 294 g/mol. The number of carbonyl (C=O) groups excluding carboxylic acids is 2. The van der Waals surface area contributed by atoms with Crippen molar-refractivity contribution in [1.82, 2.24) is 0 Å². The molecule has 0 amide bonds. The van der Waals surface area contributed by atoms with E-state index in [0.717, 1.165) is 36.8 Å². The minimum atomic E-state index is 0.130. The summed E-state index contributed by atoms with van der Waals surface area (Å²) < 4.78 is 0. The van der Waals surface area contributed by atoms with Gasteiger partial charge >= 0.3 is 0 Å². The molecule has 0 aromatic heterocycles. The number of Topliss-reactive ketones (excluding diaryl/α,β-unsaturated/α-hetero) is 2. The van der Waals surface area contributed by atoms with E-state index in [4.69, 9.17) is 0 Å². The molecule has 0 saturated heterocycles. The van der Waals surface area contributed by atoms with Gasteiger partial charge in [-0.15, -0.1) is 0 Å². The van der Waals surface area contributed by atoms with Crippen LogP contribution in [0.25, 0.3) is 0 Å². The van der Waals surface area contributed by atoms with Crippen molar-refractivity contribution in [3.8, 4) is 0 Å². The Bertz CT molecular complexity index is 679. The highest BCUT2D eigenvalue weighted by molar-refractivity contribution is 5.96. The van der Waals surface area contributed by atoms with Crippen LogP contribution in [0.15, 0.2) is 42.0 Å². The lowest BCUT2D eigenvalue weighted by molar-refractivity contribution is -0.113. The predicted molar refractivity (Wildman–Crippen MR) is 88.3 cm³/mol. The van der Waals surface area contributed by atoms with E-state index in [0.29, 0.717) is 11.8 Å². The summed E-state index contributed by atoms with van der Waals surface area (Å²) in [6.07, 6.45) is 10.3. The molecular formula is C20H22O2. The van der Waals surface area contributed by atoms with Gasteiger partial charge in [-0.1, -0.05) is 30.4 Å². The lowest BCUT2D eigenvalue weighted by Crippen LogP contribution is -2.16. The summed E-state index contributed by atoms with van der Waals surface area (Å²) in [5.41, 5.74) is 4.35. The maximum atomic E-state index is 11.7. The zero-order valence-electron chi connectivity index (χ0n) is 13.3. The molecule has 2 unspecified atom stereocenters. The second-order valence-electron chi connectivity index (χ2n) is 6.46. The van der Waals surface area contributed by atoms with Crippen molar-refractivity contribution < 1.29 is 9.59 Å². The van der Waals surface area contributed by atoms with E-state index >= 15 is 0 Å². The van der Waals surface area contributed by atoms with E-state index in [1.807, 2.05) is 12.1 Å². The van der Waals surface area contributed by atoms with Crippen molar-refractivity contribution in [3.63, 3.8) is 0 Å². The summed E-state index contributed by atoms with van der Waals surface area (Å²) in [5.74, 6) is 1.20. The Morgan fingerprint density at radius 2 is 1.68 bits per heavy atom. The van der Waals surface area contributed by atoms with E-state index in [1.165, 1.54) is 11.1 Å². The van der Waals surface area contributed by atoms with Crippen LogP contribution in [0.1, 0.15) is 72.9 Å². The fraction of sp³-hybridized carbons (Fsp3) is 0.400. The van der Waals surface area contributed by atoms with E-state index in [-0.39, 0.29) is 11.6 Å². The van der Waals surface area contributed by atoms with Crippen LogP contribution >= 0.6 is 0 Å². The van der Waals surface area contributed by atoms with E-state index in [2.05, 4.69) is 24.3 Å². The molecule has 2 atom stereocenters. The Morgan fingerprint density at radius 1 is 0.955 bits per heavy atom. The summed E-state index contributed by atoms with van der Waals surface area (Å²) in [6, 6.07) is 6.18. The third-order valence-corrected chi connectivity index (χ3v) is 4.98. The molecule has 2 heteroatoms. The summed E-state index contributed by atoms with van der Waals surface area (Å²) >= 11 is 0. The first-order valence-electron chi connectivity index (χ1n) is 8.08. The number of carbonyl (C=O) groups is 2. The van der Waals surface area contributed by atoms with Crippen molar-refractivity contribution in [2.24, 2.45) is 0 Å². The highest BCUT2D eigenvalue weighted by Crippen LogP contribution is 2.43. The van der Waals surface area contributed by atoms with Gasteiger partial charge in [0.1, 0.15) is 0 Å². The molecule has 0 aliphatic heterocycles. The van der Waals surface area contributed by atoms with Gasteiger partial charge in [-0.2, -0.15) is 0 Å². The Morgan fingerprint density at radius 3 is 2.36 bits per heavy atom. The van der Waals surface area contributed by atoms with Gasteiger partial charge in [0.2, 0.25) is 0 Å². The fourth-order valence-corrected chi connectivity index (χ4v) is 3.68. The second kappa shape index (κ2) is 6.04. The minimum Gasteiger partial charge on any atom is -0.295 e. The van der Waals surface area contributed by atoms with Crippen LogP contribution in [0.3, 0.4) is 0 Å². The Hall–Kier alpha value is -1.96. The molecule has 22 heavy (non-hydrogen) atoms. The molecule has 2 bridgehead atoms. The number of hydrogen-bond acceptors (Lipinski definition) is 2. The fourth-order valence-electron chi connectivity index (χ4n) is 3.68. The number of benzene rings is 1. The third kappa shape index (κ3) is 2.83. The first kappa shape index (κ1) is 15.0. The first-order chi connectivity index (χ1) is 10.6. The summed E-state index contributed by atoms with van der Waals surface area (Å²) in [6.45, 7) is 3.26. The van der Waals surface area contributed by atoms with Crippen molar-refractivity contribution in [1.29, 1.82) is 0 Å². The van der Waals surface area contributed by atoms with Gasteiger partial charge in [0, 0.05) is 11.1 Å². The van der Waals surface area contributed by atoms with Gasteiger partial charge in [-0.25, -0.2) is 0 Å². The molecule has 0 saturated carbocycles. The van der Waals surface area contributed by atoms with Crippen molar-refractivity contribution in [2.45, 2.75) is 51.4 Å². The maximum Gasteiger partial charge on any atom is 0.159 e. The molecule has 0 fully saturated rings. The summed E-state index contributed by atoms with van der Waals surface area (Å²) in [4.78, 5) is 23.3. The molecule has 3 aliphatic carbocycles. The van der Waals surface area contributed by atoms with E-state index in [9.17, 15) is 9.59 Å². The van der Waals surface area contributed by atoms with Gasteiger partial charge in [0.05, 0.1) is 0 Å². The van der Waals surface area contributed by atoms with Gasteiger partial charge in [0.15, 0.2) is 11.6 Å². The number of ketones is 2. The number of rotatable bonds is 2. The van der Waals surface area contributed by atoms with E-state index < -0.39 is 0 Å². The minimum absolute atomic E-state index is 0.130. The smallest absolute Gasteiger partial charge is 0.159 e. The monoisotopic (exact) mass is 294 g/mol. The van der Waals surface area contributed by atoms with Crippen molar-refractivity contribution in [2.75, 3.05) is 0 Å². The topological polar surface area (TPSA) is 34.1 Å². The van der Waals surface area contributed by atoms with Crippen LogP contribution in [-0.2, 0) is 4.79 Å². The highest BCUT2D eigenvalue weighted by atomic mass is 16.1. The summed E-state index contributed by atoms with van der Waals surface area (Å²) in [5, 5.41) is 0. The molecule has 1 aromatic carbocycles. The first-order valence-corrected chi connectivity index (χ1v) is 8.08. The van der Waals surface area contributed by atoms with Gasteiger partial charge in [-0.05, 0) is 68.6 Å². The van der Waals surface area contributed by atoms with Crippen LogP contribution in [0.5, 0.6) is 0 Å². The van der Waals surface area contributed by atoms with Gasteiger partial charge in [-0.3, -0.25) is 9.59 Å². The lowest BCUT2D eigenvalue weighted by atomic mass is 9.73. The van der Waals surface area contributed by atoms with Crippen LogP contribution in [0.4, 0.5) is 0 Å². The molecule has 0 N–H and O–H groups in total. The molecule has 114 valence electrons. The SMILES string of the molecule is CC(=O)C1=C\CC2CCC(C/C=C\1)c1cc(C(C)=O)ccc12. The average Bonchev–Trinajstić information content (AvgIpc) is 2.52. The standard InChI is InChI=1S/C20H22O2/c1-13(21)15-4-3-5-16-8-9-17(7-6-15)19-11-10-18(14(2)22)12-20(16)19/h3-4,6,10-12,16-17H,5,7-9H2,1-2H3/b4-3-,15-6-. The van der Waals surface area contributed by atoms with Crippen LogP contribution in [-0.4, -0.2) is 11.6 Å². The molecular weight excluding hydrogens is 272 g/mol. The molecule has 0 spiro atoms. The van der Waals surface area contributed by atoms with Crippen LogP contribution in [0.2, 0.25) is 0 Å². The molecule has 0 heterocycles. The van der Waals surface area contributed by atoms with Crippen LogP contribution in [0, 0.1) is 0 Å². The predicted octanol–water partition coefficient (Wildman–Crippen LogP) is 4.72. The zero-order valence-corrected chi connectivity index (χ0v) is 13.3. The molecule has 0 radical (unpaired) electrons. The highest BCUT2D eigenvalue weighted by Gasteiger charge is 2.27. The number of allylic oxidation sites excluding steroid dienone is 4. The normalized spacial score (nSPS) is 27.5. The van der Waals surface area contributed by atoms with Gasteiger partial charge < -0.3 is 0 Å². The quantitative estimate of drug-likeness (QED) is 0.740. The van der Waals surface area contributed by atoms with Crippen molar-refractivity contribution >= 4 is 11.6 Å². The van der Waals surface area contributed by atoms with Crippen LogP contribution < -0.4 is 0 Å². The zero-order chi connectivity index (χ0) is 15.7. The largest absolute Gasteiger partial charge is 0.295 e. The molecule has 4 rings (SSSR count). The Kier molecular flexibility index (Phi) is 4.10. The molecule has 1 aromatic rings. The second-order valence-corrected chi connectivity index (χ2v) is 6.46. The van der Waals surface area contributed by atoms with Gasteiger partial charge in [0.25, 0.3) is 0 Å². The summed E-state index contributed by atoms with van der Waals surface area (Å²) in [7, 11) is 0. The third-order valence-electron chi connectivity index (χ3n) is 4.98. The Labute approximate surface area is 131 Å². The van der Waals surface area contributed by atoms with Crippen molar-refractivity contribution in [3.05, 3.63) is 58.7 Å².